The van der Waals surface area contributed by atoms with E-state index >= 15 is 0 Å². The fourth-order valence-electron chi connectivity index (χ4n) is 1.87. The van der Waals surface area contributed by atoms with Gasteiger partial charge in [-0.1, -0.05) is 15.9 Å². The molecular weight excluding hydrogens is 314 g/mol. The molecule has 2 N–H and O–H groups in total. The fraction of sp³-hybridized carbons (Fsp3) is 0.231. The SMILES string of the molecule is O=C(O)/C=C/C(=O)NCc1cc(Br)cc2c1OCC2. The van der Waals surface area contributed by atoms with Gasteiger partial charge in [0.15, 0.2) is 0 Å². The van der Waals surface area contributed by atoms with Crippen molar-refractivity contribution in [2.75, 3.05) is 6.61 Å². The number of halogens is 1. The van der Waals surface area contributed by atoms with E-state index < -0.39 is 11.9 Å². The van der Waals surface area contributed by atoms with Crippen LogP contribution in [0.25, 0.3) is 0 Å². The number of benzene rings is 1. The van der Waals surface area contributed by atoms with E-state index in [-0.39, 0.29) is 0 Å². The van der Waals surface area contributed by atoms with E-state index in [1.54, 1.807) is 0 Å². The molecule has 19 heavy (non-hydrogen) atoms. The van der Waals surface area contributed by atoms with Crippen molar-refractivity contribution >= 4 is 27.8 Å². The zero-order chi connectivity index (χ0) is 13.8. The van der Waals surface area contributed by atoms with Gasteiger partial charge in [-0.3, -0.25) is 4.79 Å². The molecule has 100 valence electrons. The summed E-state index contributed by atoms with van der Waals surface area (Å²) in [6.45, 7) is 0.941. The lowest BCUT2D eigenvalue weighted by molar-refractivity contribution is -0.131. The molecule has 0 atom stereocenters. The van der Waals surface area contributed by atoms with Crippen LogP contribution in [0.4, 0.5) is 0 Å². The van der Waals surface area contributed by atoms with E-state index in [0.717, 1.165) is 39.9 Å². The zero-order valence-corrected chi connectivity index (χ0v) is 11.6. The number of hydrogen-bond acceptors (Lipinski definition) is 3. The van der Waals surface area contributed by atoms with Gasteiger partial charge < -0.3 is 15.2 Å². The number of carbonyl (C=O) groups is 2. The van der Waals surface area contributed by atoms with E-state index in [1.165, 1.54) is 0 Å². The maximum absolute atomic E-state index is 11.4. The highest BCUT2D eigenvalue weighted by Crippen LogP contribution is 2.32. The van der Waals surface area contributed by atoms with Crippen LogP contribution in [-0.4, -0.2) is 23.6 Å². The second kappa shape index (κ2) is 5.88. The van der Waals surface area contributed by atoms with E-state index in [1.807, 2.05) is 12.1 Å². The number of aliphatic carboxylic acids is 1. The van der Waals surface area contributed by atoms with E-state index in [0.29, 0.717) is 13.2 Å². The summed E-state index contributed by atoms with van der Waals surface area (Å²) in [5, 5.41) is 11.0. The summed E-state index contributed by atoms with van der Waals surface area (Å²) < 4.78 is 6.46. The van der Waals surface area contributed by atoms with Crippen molar-refractivity contribution in [1.29, 1.82) is 0 Å². The maximum Gasteiger partial charge on any atom is 0.328 e. The Labute approximate surface area is 118 Å². The second-order valence-corrected chi connectivity index (χ2v) is 4.96. The Morgan fingerprint density at radius 1 is 1.42 bits per heavy atom. The van der Waals surface area contributed by atoms with Crippen molar-refractivity contribution in [2.24, 2.45) is 0 Å². The van der Waals surface area contributed by atoms with Crippen molar-refractivity contribution in [3.05, 3.63) is 39.9 Å². The summed E-state index contributed by atoms with van der Waals surface area (Å²) in [6, 6.07) is 3.88. The summed E-state index contributed by atoms with van der Waals surface area (Å²) in [6.07, 6.45) is 2.65. The van der Waals surface area contributed by atoms with Gasteiger partial charge in [-0.25, -0.2) is 4.79 Å². The Bertz CT molecular complexity index is 554. The molecular formula is C13H12BrNO4. The van der Waals surface area contributed by atoms with Gasteiger partial charge in [-0.05, 0) is 17.7 Å². The first-order valence-electron chi connectivity index (χ1n) is 5.69. The highest BCUT2D eigenvalue weighted by molar-refractivity contribution is 9.10. The predicted octanol–water partition coefficient (Wildman–Crippen LogP) is 1.64. The predicted molar refractivity (Wildman–Crippen MR) is 72.0 cm³/mol. The number of nitrogens with one attached hydrogen (secondary N) is 1. The number of fused-ring (bicyclic) bond motifs is 1. The molecule has 0 saturated heterocycles. The first-order valence-corrected chi connectivity index (χ1v) is 6.48. The van der Waals surface area contributed by atoms with Gasteiger partial charge in [0.1, 0.15) is 5.75 Å². The Balaban J connectivity index is 2.04. The minimum Gasteiger partial charge on any atom is -0.493 e. The van der Waals surface area contributed by atoms with Crippen LogP contribution in [-0.2, 0) is 22.6 Å². The molecule has 0 aromatic heterocycles. The smallest absolute Gasteiger partial charge is 0.328 e. The largest absolute Gasteiger partial charge is 0.493 e. The molecule has 0 saturated carbocycles. The molecule has 1 aromatic carbocycles. The van der Waals surface area contributed by atoms with Crippen molar-refractivity contribution in [3.8, 4) is 5.75 Å². The first kappa shape index (κ1) is 13.6. The number of ether oxygens (including phenoxy) is 1. The molecule has 1 aliphatic rings. The minimum atomic E-state index is -1.15. The molecule has 0 bridgehead atoms. The highest BCUT2D eigenvalue weighted by Gasteiger charge is 2.17. The Morgan fingerprint density at radius 3 is 2.95 bits per heavy atom. The third-order valence-corrected chi connectivity index (χ3v) is 3.11. The summed E-state index contributed by atoms with van der Waals surface area (Å²) >= 11 is 3.41. The van der Waals surface area contributed by atoms with Crippen LogP contribution in [0.5, 0.6) is 5.75 Å². The molecule has 0 fully saturated rings. The molecule has 0 unspecified atom stereocenters. The normalized spacial score (nSPS) is 13.1. The topological polar surface area (TPSA) is 75.6 Å². The highest BCUT2D eigenvalue weighted by atomic mass is 79.9. The van der Waals surface area contributed by atoms with E-state index in [2.05, 4.69) is 21.2 Å². The summed E-state index contributed by atoms with van der Waals surface area (Å²) in [5.74, 6) is -0.790. The maximum atomic E-state index is 11.4. The van der Waals surface area contributed by atoms with Gasteiger partial charge in [0.2, 0.25) is 5.91 Å². The molecule has 0 aliphatic carbocycles. The molecule has 0 spiro atoms. The number of amides is 1. The third kappa shape index (κ3) is 3.57. The lowest BCUT2D eigenvalue weighted by atomic mass is 10.1. The number of rotatable bonds is 4. The average Bonchev–Trinajstić information content (AvgIpc) is 2.81. The fourth-order valence-corrected chi connectivity index (χ4v) is 2.42. The molecule has 1 aromatic rings. The van der Waals surface area contributed by atoms with Crippen LogP contribution in [0, 0.1) is 0 Å². The van der Waals surface area contributed by atoms with Crippen molar-refractivity contribution in [1.82, 2.24) is 5.32 Å². The van der Waals surface area contributed by atoms with Crippen LogP contribution >= 0.6 is 15.9 Å². The summed E-state index contributed by atoms with van der Waals surface area (Å²) in [4.78, 5) is 21.7. The van der Waals surface area contributed by atoms with Crippen molar-refractivity contribution < 1.29 is 19.4 Å². The quantitative estimate of drug-likeness (QED) is 0.825. The van der Waals surface area contributed by atoms with Crippen LogP contribution in [0.15, 0.2) is 28.8 Å². The summed E-state index contributed by atoms with van der Waals surface area (Å²) in [7, 11) is 0. The van der Waals surface area contributed by atoms with Gasteiger partial charge in [0.25, 0.3) is 0 Å². The van der Waals surface area contributed by atoms with E-state index in [9.17, 15) is 9.59 Å². The van der Waals surface area contributed by atoms with Gasteiger partial charge in [0.05, 0.1) is 6.61 Å². The standard InChI is InChI=1S/C13H12BrNO4/c14-10-5-8-3-4-19-13(8)9(6-10)7-15-11(16)1-2-12(17)18/h1-2,5-6H,3-4,7H2,(H,15,16)(H,17,18)/b2-1+. The number of carbonyl (C=O) groups excluding carboxylic acids is 1. The van der Waals surface area contributed by atoms with Gasteiger partial charge in [-0.15, -0.1) is 0 Å². The number of carboxylic acid groups (broad SMARTS) is 1. The van der Waals surface area contributed by atoms with Crippen LogP contribution in [0.3, 0.4) is 0 Å². The van der Waals surface area contributed by atoms with Gasteiger partial charge >= 0.3 is 5.97 Å². The molecule has 0 radical (unpaired) electrons. The average molecular weight is 326 g/mol. The van der Waals surface area contributed by atoms with Crippen LogP contribution < -0.4 is 10.1 Å². The first-order chi connectivity index (χ1) is 9.06. The van der Waals surface area contributed by atoms with Gasteiger partial charge in [-0.2, -0.15) is 0 Å². The molecule has 5 nitrogen and oxygen atoms in total. The molecule has 1 heterocycles. The molecule has 1 amide bonds. The third-order valence-electron chi connectivity index (χ3n) is 2.66. The number of hydrogen-bond donors (Lipinski definition) is 2. The van der Waals surface area contributed by atoms with Crippen LogP contribution in [0.2, 0.25) is 0 Å². The van der Waals surface area contributed by atoms with E-state index in [4.69, 9.17) is 9.84 Å². The van der Waals surface area contributed by atoms with Crippen molar-refractivity contribution in [3.63, 3.8) is 0 Å². The number of carboxylic acids is 1. The Hall–Kier alpha value is -1.82. The molecule has 1 aliphatic heterocycles. The second-order valence-electron chi connectivity index (χ2n) is 4.04. The van der Waals surface area contributed by atoms with Crippen molar-refractivity contribution in [2.45, 2.75) is 13.0 Å². The summed E-state index contributed by atoms with van der Waals surface area (Å²) in [5.41, 5.74) is 1.98. The van der Waals surface area contributed by atoms with Crippen LogP contribution in [0.1, 0.15) is 11.1 Å². The Kier molecular flexibility index (Phi) is 4.21. The monoisotopic (exact) mass is 325 g/mol. The lowest BCUT2D eigenvalue weighted by Crippen LogP contribution is -2.21. The minimum absolute atomic E-state index is 0.296. The lowest BCUT2D eigenvalue weighted by Gasteiger charge is -2.09. The van der Waals surface area contributed by atoms with Gasteiger partial charge in [0, 0.05) is 35.2 Å². The zero-order valence-electron chi connectivity index (χ0n) is 9.98. The molecule has 6 heteroatoms. The Morgan fingerprint density at radius 2 is 2.21 bits per heavy atom. The molecule has 2 rings (SSSR count).